The lowest BCUT2D eigenvalue weighted by Crippen LogP contribution is -2.30. The highest BCUT2D eigenvalue weighted by Gasteiger charge is 2.23. The summed E-state index contributed by atoms with van der Waals surface area (Å²) in [4.78, 5) is 24.6. The van der Waals surface area contributed by atoms with Crippen molar-refractivity contribution in [2.45, 2.75) is 32.7 Å². The number of nitrogens with one attached hydrogen (secondary N) is 1. The molecule has 0 fully saturated rings. The number of hydrogen-bond donors (Lipinski definition) is 1. The zero-order valence-electron chi connectivity index (χ0n) is 11.8. The minimum absolute atomic E-state index is 0.166. The van der Waals surface area contributed by atoms with Crippen LogP contribution in [-0.4, -0.2) is 17.0 Å². The van der Waals surface area contributed by atoms with Crippen LogP contribution in [0.15, 0.2) is 29.2 Å². The molecule has 0 saturated heterocycles. The molecular weight excluding hydrogens is 252 g/mol. The number of benzene rings is 1. The highest BCUT2D eigenvalue weighted by Crippen LogP contribution is 2.30. The van der Waals surface area contributed by atoms with Gasteiger partial charge in [0, 0.05) is 24.2 Å². The molecule has 0 saturated carbocycles. The average molecular weight is 270 g/mol. The van der Waals surface area contributed by atoms with Gasteiger partial charge in [0.05, 0.1) is 5.52 Å². The summed E-state index contributed by atoms with van der Waals surface area (Å²) in [5.74, 6) is -0.271. The second-order valence-corrected chi connectivity index (χ2v) is 5.40. The third-order valence-electron chi connectivity index (χ3n) is 3.91. The number of nitrogens with zero attached hydrogens (tertiary/aromatic N) is 1. The Morgan fingerprint density at radius 1 is 1.45 bits per heavy atom. The molecule has 1 aliphatic rings. The smallest absolute Gasteiger partial charge is 0.256 e. The first kappa shape index (κ1) is 12.9. The fraction of sp³-hybridized carbons (Fsp3) is 0.375. The Labute approximate surface area is 117 Å². The van der Waals surface area contributed by atoms with Crippen molar-refractivity contribution < 1.29 is 4.79 Å². The van der Waals surface area contributed by atoms with Gasteiger partial charge in [-0.1, -0.05) is 19.1 Å². The van der Waals surface area contributed by atoms with Crippen molar-refractivity contribution in [3.63, 3.8) is 0 Å². The predicted octanol–water partition coefficient (Wildman–Crippen LogP) is 2.26. The average Bonchev–Trinajstić information content (AvgIpc) is 2.77. The number of carbonyl (C=O) groups excluding carboxylic acids is 1. The zero-order chi connectivity index (χ0) is 14.3. The molecule has 1 N–H and O–H groups in total. The van der Waals surface area contributed by atoms with Crippen molar-refractivity contribution in [3.8, 4) is 0 Å². The van der Waals surface area contributed by atoms with Crippen molar-refractivity contribution in [1.82, 2.24) is 9.88 Å². The number of amides is 1. The van der Waals surface area contributed by atoms with Crippen molar-refractivity contribution in [3.05, 3.63) is 45.7 Å². The zero-order valence-corrected chi connectivity index (χ0v) is 11.8. The van der Waals surface area contributed by atoms with E-state index in [1.165, 1.54) is 5.56 Å². The summed E-state index contributed by atoms with van der Waals surface area (Å²) < 4.78 is 2.06. The third-order valence-corrected chi connectivity index (χ3v) is 3.91. The fourth-order valence-corrected chi connectivity index (χ4v) is 2.91. The molecule has 0 aliphatic carbocycles. The quantitative estimate of drug-likeness (QED) is 0.930. The first-order valence-corrected chi connectivity index (χ1v) is 7.08. The Kier molecular flexibility index (Phi) is 3.08. The lowest BCUT2D eigenvalue weighted by atomic mass is 10.1. The molecule has 104 valence electrons. The van der Waals surface area contributed by atoms with Gasteiger partial charge in [-0.05, 0) is 31.4 Å². The maximum absolute atomic E-state index is 12.5. The van der Waals surface area contributed by atoms with E-state index in [4.69, 9.17) is 0 Å². The molecule has 1 aromatic carbocycles. The van der Waals surface area contributed by atoms with Crippen molar-refractivity contribution in [2.24, 2.45) is 0 Å². The number of para-hydroxylation sites is 1. The first-order valence-electron chi connectivity index (χ1n) is 7.08. The minimum atomic E-state index is -0.271. The number of aromatic nitrogens is 1. The molecule has 0 radical (unpaired) electrons. The van der Waals surface area contributed by atoms with Gasteiger partial charge in [-0.15, -0.1) is 0 Å². The number of pyridine rings is 1. The van der Waals surface area contributed by atoms with Crippen molar-refractivity contribution in [1.29, 1.82) is 0 Å². The van der Waals surface area contributed by atoms with E-state index in [1.54, 1.807) is 6.20 Å². The summed E-state index contributed by atoms with van der Waals surface area (Å²) in [6.07, 6.45) is 3.49. The van der Waals surface area contributed by atoms with Crippen LogP contribution in [0.2, 0.25) is 0 Å². The van der Waals surface area contributed by atoms with Crippen LogP contribution in [0.3, 0.4) is 0 Å². The molecule has 4 nitrogen and oxygen atoms in total. The molecular formula is C16H18N2O2. The largest absolute Gasteiger partial charge is 0.352 e. The van der Waals surface area contributed by atoms with E-state index < -0.39 is 0 Å². The SMILES string of the molecule is CCCNC(=O)c1cn2c3c(cccc3c1=O)C[C@H]2C. The summed E-state index contributed by atoms with van der Waals surface area (Å²) in [6, 6.07) is 6.05. The minimum Gasteiger partial charge on any atom is -0.352 e. The van der Waals surface area contributed by atoms with Crippen LogP contribution in [0.4, 0.5) is 0 Å². The van der Waals surface area contributed by atoms with Gasteiger partial charge >= 0.3 is 0 Å². The van der Waals surface area contributed by atoms with Crippen LogP contribution in [0.25, 0.3) is 10.9 Å². The Morgan fingerprint density at radius 3 is 3.00 bits per heavy atom. The van der Waals surface area contributed by atoms with E-state index >= 15 is 0 Å². The van der Waals surface area contributed by atoms with E-state index in [1.807, 2.05) is 19.1 Å². The van der Waals surface area contributed by atoms with Gasteiger partial charge in [-0.2, -0.15) is 0 Å². The summed E-state index contributed by atoms with van der Waals surface area (Å²) in [6.45, 7) is 4.69. The Morgan fingerprint density at radius 2 is 2.25 bits per heavy atom. The molecule has 3 rings (SSSR count). The topological polar surface area (TPSA) is 51.1 Å². The lowest BCUT2D eigenvalue weighted by molar-refractivity contribution is 0.0952. The van der Waals surface area contributed by atoms with Crippen LogP contribution in [0.5, 0.6) is 0 Å². The van der Waals surface area contributed by atoms with Crippen LogP contribution in [-0.2, 0) is 6.42 Å². The van der Waals surface area contributed by atoms with Gasteiger partial charge in [0.25, 0.3) is 5.91 Å². The maximum Gasteiger partial charge on any atom is 0.256 e. The Hall–Kier alpha value is -2.10. The first-order chi connectivity index (χ1) is 9.63. The van der Waals surface area contributed by atoms with Crippen molar-refractivity contribution >= 4 is 16.8 Å². The van der Waals surface area contributed by atoms with Gasteiger partial charge in [-0.25, -0.2) is 0 Å². The molecule has 4 heteroatoms. The highest BCUT2D eigenvalue weighted by atomic mass is 16.2. The number of rotatable bonds is 3. The molecule has 1 aromatic heterocycles. The molecule has 2 aromatic rings. The molecule has 2 heterocycles. The van der Waals surface area contributed by atoms with Crippen LogP contribution in [0.1, 0.15) is 42.2 Å². The number of carbonyl (C=O) groups is 1. The standard InChI is InChI=1S/C16H18N2O2/c1-3-7-17-16(20)13-9-18-10(2)8-11-5-4-6-12(14(11)18)15(13)19/h4-6,9-10H,3,7-8H2,1-2H3,(H,17,20)/t10-/m1/s1. The molecule has 1 amide bonds. The summed E-state index contributed by atoms with van der Waals surface area (Å²) in [5.41, 5.74) is 2.25. The lowest BCUT2D eigenvalue weighted by Gasteiger charge is -2.12. The Balaban J connectivity index is 2.21. The van der Waals surface area contributed by atoms with Gasteiger partial charge < -0.3 is 9.88 Å². The second kappa shape index (κ2) is 4.78. The maximum atomic E-state index is 12.5. The van der Waals surface area contributed by atoms with E-state index in [-0.39, 0.29) is 22.9 Å². The third kappa shape index (κ3) is 1.83. The normalized spacial score (nSPS) is 16.6. The number of hydrogen-bond acceptors (Lipinski definition) is 2. The molecule has 20 heavy (non-hydrogen) atoms. The monoisotopic (exact) mass is 270 g/mol. The second-order valence-electron chi connectivity index (χ2n) is 5.40. The summed E-state index contributed by atoms with van der Waals surface area (Å²) >= 11 is 0. The molecule has 0 unspecified atom stereocenters. The van der Waals surface area contributed by atoms with E-state index in [0.717, 1.165) is 18.4 Å². The fourth-order valence-electron chi connectivity index (χ4n) is 2.91. The molecule has 1 atom stereocenters. The van der Waals surface area contributed by atoms with Gasteiger partial charge in [0.2, 0.25) is 5.43 Å². The molecule has 0 spiro atoms. The molecule has 0 bridgehead atoms. The highest BCUT2D eigenvalue weighted by molar-refractivity contribution is 5.98. The predicted molar refractivity (Wildman–Crippen MR) is 79.2 cm³/mol. The van der Waals surface area contributed by atoms with E-state index in [2.05, 4.69) is 22.9 Å². The van der Waals surface area contributed by atoms with Crippen molar-refractivity contribution in [2.75, 3.05) is 6.54 Å². The summed E-state index contributed by atoms with van der Waals surface area (Å²) in [7, 11) is 0. The van der Waals surface area contributed by atoms with Gasteiger partial charge in [-0.3, -0.25) is 9.59 Å². The van der Waals surface area contributed by atoms with E-state index in [9.17, 15) is 9.59 Å². The summed E-state index contributed by atoms with van der Waals surface area (Å²) in [5, 5.41) is 3.43. The Bertz CT molecular complexity index is 746. The molecule has 1 aliphatic heterocycles. The van der Waals surface area contributed by atoms with Crippen LogP contribution >= 0.6 is 0 Å². The van der Waals surface area contributed by atoms with Gasteiger partial charge in [0.1, 0.15) is 5.56 Å². The van der Waals surface area contributed by atoms with Crippen LogP contribution in [0, 0.1) is 0 Å². The van der Waals surface area contributed by atoms with E-state index in [0.29, 0.717) is 11.9 Å². The van der Waals surface area contributed by atoms with Gasteiger partial charge in [0.15, 0.2) is 0 Å². The van der Waals surface area contributed by atoms with Crippen LogP contribution < -0.4 is 10.7 Å².